The van der Waals surface area contributed by atoms with Crippen molar-refractivity contribution in [2.24, 2.45) is 5.92 Å². The maximum absolute atomic E-state index is 12.5. The molecule has 0 aromatic carbocycles. The van der Waals surface area contributed by atoms with E-state index in [4.69, 9.17) is 4.42 Å². The molecule has 2 aliphatic rings. The van der Waals surface area contributed by atoms with Crippen molar-refractivity contribution >= 4 is 11.8 Å². The molecule has 0 spiro atoms. The molecular weight excluding hydrogens is 296 g/mol. The van der Waals surface area contributed by atoms with Crippen LogP contribution in [0, 0.1) is 5.92 Å². The fraction of sp³-hybridized carbons (Fsp3) is 0.647. The molecule has 1 saturated carbocycles. The van der Waals surface area contributed by atoms with Gasteiger partial charge >= 0.3 is 0 Å². The zero-order chi connectivity index (χ0) is 16.2. The fourth-order valence-corrected chi connectivity index (χ4v) is 3.63. The molecule has 1 aromatic heterocycles. The first-order chi connectivity index (χ1) is 11.1. The third kappa shape index (κ3) is 3.75. The van der Waals surface area contributed by atoms with Crippen LogP contribution in [0.3, 0.4) is 0 Å². The third-order valence-corrected chi connectivity index (χ3v) is 4.87. The third-order valence-electron chi connectivity index (χ3n) is 4.87. The van der Waals surface area contributed by atoms with Gasteiger partial charge in [0.1, 0.15) is 6.04 Å². The summed E-state index contributed by atoms with van der Waals surface area (Å²) in [4.78, 5) is 26.4. The maximum Gasteiger partial charge on any atom is 0.290 e. The highest BCUT2D eigenvalue weighted by molar-refractivity contribution is 5.95. The Morgan fingerprint density at radius 3 is 2.91 bits per heavy atom. The highest BCUT2D eigenvalue weighted by atomic mass is 16.3. The summed E-state index contributed by atoms with van der Waals surface area (Å²) < 4.78 is 5.15. The predicted molar refractivity (Wildman–Crippen MR) is 83.7 cm³/mol. The van der Waals surface area contributed by atoms with E-state index in [2.05, 4.69) is 5.32 Å². The monoisotopic (exact) mass is 320 g/mol. The van der Waals surface area contributed by atoms with E-state index in [1.165, 1.54) is 6.26 Å². The highest BCUT2D eigenvalue weighted by Gasteiger charge is 2.35. The number of aliphatic hydroxyl groups is 1. The number of rotatable bonds is 4. The van der Waals surface area contributed by atoms with Gasteiger partial charge in [0.25, 0.3) is 5.91 Å². The Bertz CT molecular complexity index is 543. The molecule has 0 bridgehead atoms. The highest BCUT2D eigenvalue weighted by Crippen LogP contribution is 2.24. The number of furan rings is 1. The van der Waals surface area contributed by atoms with E-state index < -0.39 is 6.04 Å². The van der Waals surface area contributed by atoms with Gasteiger partial charge in [0.05, 0.1) is 12.4 Å². The van der Waals surface area contributed by atoms with E-state index in [0.717, 1.165) is 32.1 Å². The van der Waals surface area contributed by atoms with Gasteiger partial charge in [-0.2, -0.15) is 0 Å². The zero-order valence-corrected chi connectivity index (χ0v) is 13.2. The lowest BCUT2D eigenvalue weighted by atomic mass is 9.87. The van der Waals surface area contributed by atoms with Crippen molar-refractivity contribution in [3.05, 3.63) is 24.2 Å². The Morgan fingerprint density at radius 2 is 2.17 bits per heavy atom. The quantitative estimate of drug-likeness (QED) is 0.882. The van der Waals surface area contributed by atoms with E-state index in [0.29, 0.717) is 25.4 Å². The zero-order valence-electron chi connectivity index (χ0n) is 13.2. The van der Waals surface area contributed by atoms with Crippen LogP contribution in [0.15, 0.2) is 22.8 Å². The normalized spacial score (nSPS) is 27.9. The first-order valence-electron chi connectivity index (χ1n) is 8.45. The summed E-state index contributed by atoms with van der Waals surface area (Å²) in [5, 5.41) is 12.7. The van der Waals surface area contributed by atoms with Crippen molar-refractivity contribution in [3.63, 3.8) is 0 Å². The summed E-state index contributed by atoms with van der Waals surface area (Å²) in [6, 6.07) is 2.88. The van der Waals surface area contributed by atoms with Crippen LogP contribution < -0.4 is 5.32 Å². The van der Waals surface area contributed by atoms with Crippen LogP contribution in [0.5, 0.6) is 0 Å². The summed E-state index contributed by atoms with van der Waals surface area (Å²) in [6.45, 7) is 1.16. The molecule has 1 aromatic rings. The van der Waals surface area contributed by atoms with E-state index in [1.807, 2.05) is 0 Å². The number of hydrogen-bond acceptors (Lipinski definition) is 4. The molecule has 6 heteroatoms. The van der Waals surface area contributed by atoms with Crippen LogP contribution in [0.1, 0.15) is 49.1 Å². The van der Waals surface area contributed by atoms with E-state index in [9.17, 15) is 14.7 Å². The minimum absolute atomic E-state index is 0.0949. The second kappa shape index (κ2) is 7.17. The summed E-state index contributed by atoms with van der Waals surface area (Å²) in [6.07, 6.45) is 6.39. The molecule has 23 heavy (non-hydrogen) atoms. The SMILES string of the molecule is O=C(NCC1CCCC(O)C1)C1CCCN1C(=O)c1ccco1. The molecule has 1 aliphatic heterocycles. The molecule has 3 rings (SSSR count). The maximum atomic E-state index is 12.5. The number of amides is 2. The molecule has 1 saturated heterocycles. The van der Waals surface area contributed by atoms with Crippen molar-refractivity contribution in [1.82, 2.24) is 10.2 Å². The molecule has 126 valence electrons. The van der Waals surface area contributed by atoms with Gasteiger partial charge in [-0.1, -0.05) is 6.42 Å². The van der Waals surface area contributed by atoms with Crippen LogP contribution >= 0.6 is 0 Å². The van der Waals surface area contributed by atoms with Gasteiger partial charge in [-0.15, -0.1) is 0 Å². The smallest absolute Gasteiger partial charge is 0.290 e. The number of likely N-dealkylation sites (tertiary alicyclic amines) is 1. The van der Waals surface area contributed by atoms with Crippen molar-refractivity contribution in [1.29, 1.82) is 0 Å². The number of aliphatic hydroxyl groups excluding tert-OH is 1. The molecule has 2 fully saturated rings. The Labute approximate surface area is 135 Å². The first-order valence-corrected chi connectivity index (χ1v) is 8.45. The average molecular weight is 320 g/mol. The molecule has 0 radical (unpaired) electrons. The molecule has 2 heterocycles. The Balaban J connectivity index is 1.54. The minimum atomic E-state index is -0.416. The van der Waals surface area contributed by atoms with Crippen molar-refractivity contribution in [2.45, 2.75) is 50.7 Å². The number of hydrogen-bond donors (Lipinski definition) is 2. The molecule has 6 nitrogen and oxygen atoms in total. The lowest BCUT2D eigenvalue weighted by Gasteiger charge is -2.27. The topological polar surface area (TPSA) is 82.8 Å². The van der Waals surface area contributed by atoms with Gasteiger partial charge in [-0.3, -0.25) is 9.59 Å². The van der Waals surface area contributed by atoms with Crippen LogP contribution in [0.4, 0.5) is 0 Å². The number of carbonyl (C=O) groups excluding carboxylic acids is 2. The summed E-state index contributed by atoms with van der Waals surface area (Å²) >= 11 is 0. The number of carbonyl (C=O) groups is 2. The van der Waals surface area contributed by atoms with Crippen LogP contribution in [0.2, 0.25) is 0 Å². The van der Waals surface area contributed by atoms with Gasteiger partial charge in [0.15, 0.2) is 5.76 Å². The first kappa shape index (κ1) is 16.1. The lowest BCUT2D eigenvalue weighted by Crippen LogP contribution is -2.47. The molecule has 3 atom stereocenters. The Hall–Kier alpha value is -1.82. The van der Waals surface area contributed by atoms with E-state index in [-0.39, 0.29) is 23.7 Å². The Kier molecular flexibility index (Phi) is 5.00. The van der Waals surface area contributed by atoms with Crippen LogP contribution in [-0.2, 0) is 4.79 Å². The van der Waals surface area contributed by atoms with Crippen LogP contribution in [-0.4, -0.2) is 47.1 Å². The van der Waals surface area contributed by atoms with Crippen molar-refractivity contribution in [2.75, 3.05) is 13.1 Å². The molecule has 1 aliphatic carbocycles. The van der Waals surface area contributed by atoms with Gasteiger partial charge in [-0.05, 0) is 50.2 Å². The van der Waals surface area contributed by atoms with Gasteiger partial charge < -0.3 is 19.7 Å². The van der Waals surface area contributed by atoms with E-state index >= 15 is 0 Å². The lowest BCUT2D eigenvalue weighted by molar-refractivity contribution is -0.125. The van der Waals surface area contributed by atoms with Gasteiger partial charge in [0.2, 0.25) is 5.91 Å². The van der Waals surface area contributed by atoms with E-state index in [1.54, 1.807) is 17.0 Å². The largest absolute Gasteiger partial charge is 0.459 e. The molecule has 2 N–H and O–H groups in total. The fourth-order valence-electron chi connectivity index (χ4n) is 3.63. The summed E-state index contributed by atoms with van der Waals surface area (Å²) in [7, 11) is 0. The average Bonchev–Trinajstić information content (AvgIpc) is 3.23. The predicted octanol–water partition coefficient (Wildman–Crippen LogP) is 1.55. The second-order valence-electron chi connectivity index (χ2n) is 6.57. The van der Waals surface area contributed by atoms with Crippen molar-refractivity contribution < 1.29 is 19.1 Å². The molecular formula is C17H24N2O4. The van der Waals surface area contributed by atoms with Crippen LogP contribution in [0.25, 0.3) is 0 Å². The second-order valence-corrected chi connectivity index (χ2v) is 6.57. The molecule has 2 amide bonds. The standard InChI is InChI=1S/C17H24N2O4/c20-13-5-1-4-12(10-13)11-18-16(21)14-6-2-8-19(14)17(22)15-7-3-9-23-15/h3,7,9,12-14,20H,1-2,4-6,8,10-11H2,(H,18,21). The van der Waals surface area contributed by atoms with Gasteiger partial charge in [0, 0.05) is 13.1 Å². The minimum Gasteiger partial charge on any atom is -0.459 e. The number of nitrogens with one attached hydrogen (secondary N) is 1. The Morgan fingerprint density at radius 1 is 1.30 bits per heavy atom. The summed E-state index contributed by atoms with van der Waals surface area (Å²) in [5.74, 6) is 0.293. The molecule has 3 unspecified atom stereocenters. The number of nitrogens with zero attached hydrogens (tertiary/aromatic N) is 1. The van der Waals surface area contributed by atoms with Crippen molar-refractivity contribution in [3.8, 4) is 0 Å². The van der Waals surface area contributed by atoms with Gasteiger partial charge in [-0.25, -0.2) is 0 Å². The summed E-state index contributed by atoms with van der Waals surface area (Å²) in [5.41, 5.74) is 0.